The first kappa shape index (κ1) is 13.5. The van der Waals surface area contributed by atoms with Crippen molar-refractivity contribution in [2.24, 2.45) is 12.9 Å². The molecule has 1 heterocycles. The van der Waals surface area contributed by atoms with Crippen LogP contribution in [0, 0.1) is 5.82 Å². The number of nitrogens with one attached hydrogen (secondary N) is 1. The number of halogens is 1. The van der Waals surface area contributed by atoms with Gasteiger partial charge < -0.3 is 4.74 Å². The molecule has 1 aromatic heterocycles. The number of rotatable bonds is 5. The van der Waals surface area contributed by atoms with Crippen LogP contribution < -0.4 is 16.0 Å². The highest BCUT2D eigenvalue weighted by molar-refractivity contribution is 5.30. The van der Waals surface area contributed by atoms with Gasteiger partial charge in [-0.3, -0.25) is 16.0 Å². The molecule has 0 aliphatic heterocycles. The highest BCUT2D eigenvalue weighted by atomic mass is 19.1. The Balaban J connectivity index is 2.24. The first-order valence-electron chi connectivity index (χ1n) is 5.92. The van der Waals surface area contributed by atoms with E-state index in [9.17, 15) is 4.39 Å². The summed E-state index contributed by atoms with van der Waals surface area (Å²) >= 11 is 0. The molecule has 0 amide bonds. The van der Waals surface area contributed by atoms with Crippen LogP contribution in [0.4, 0.5) is 4.39 Å². The summed E-state index contributed by atoms with van der Waals surface area (Å²) in [7, 11) is 3.42. The third kappa shape index (κ3) is 2.91. The Labute approximate surface area is 111 Å². The summed E-state index contributed by atoms with van der Waals surface area (Å²) in [5, 5.41) is 4.15. The van der Waals surface area contributed by atoms with E-state index in [0.29, 0.717) is 12.2 Å². The molecule has 1 aromatic carbocycles. The van der Waals surface area contributed by atoms with Gasteiger partial charge in [-0.25, -0.2) is 4.39 Å². The predicted molar refractivity (Wildman–Crippen MR) is 69.9 cm³/mol. The molecule has 19 heavy (non-hydrogen) atoms. The first-order chi connectivity index (χ1) is 9.15. The van der Waals surface area contributed by atoms with Crippen molar-refractivity contribution >= 4 is 0 Å². The van der Waals surface area contributed by atoms with E-state index in [-0.39, 0.29) is 11.9 Å². The fraction of sp³-hybridized carbons (Fsp3) is 0.308. The van der Waals surface area contributed by atoms with Crippen molar-refractivity contribution in [3.63, 3.8) is 0 Å². The van der Waals surface area contributed by atoms with Crippen molar-refractivity contribution in [2.75, 3.05) is 7.11 Å². The molecule has 0 aliphatic carbocycles. The van der Waals surface area contributed by atoms with Crippen molar-refractivity contribution in [2.45, 2.75) is 12.5 Å². The maximum atomic E-state index is 12.9. The third-order valence-corrected chi connectivity index (χ3v) is 3.05. The second-order valence-corrected chi connectivity index (χ2v) is 4.27. The molecule has 0 saturated heterocycles. The number of hydrogen-bond acceptors (Lipinski definition) is 4. The highest BCUT2D eigenvalue weighted by Crippen LogP contribution is 2.26. The Morgan fingerprint density at radius 2 is 2.11 bits per heavy atom. The molecule has 5 nitrogen and oxygen atoms in total. The second kappa shape index (κ2) is 5.81. The molecule has 1 unspecified atom stereocenters. The van der Waals surface area contributed by atoms with Crippen LogP contribution in [0.25, 0.3) is 0 Å². The smallest absolute Gasteiger partial charge is 0.161 e. The quantitative estimate of drug-likeness (QED) is 0.631. The molecule has 0 fully saturated rings. The van der Waals surface area contributed by atoms with Gasteiger partial charge in [-0.2, -0.15) is 5.10 Å². The normalized spacial score (nSPS) is 12.4. The minimum absolute atomic E-state index is 0.159. The average Bonchev–Trinajstić information content (AvgIpc) is 2.79. The Hall–Kier alpha value is -1.92. The van der Waals surface area contributed by atoms with E-state index < -0.39 is 0 Å². The summed E-state index contributed by atoms with van der Waals surface area (Å²) in [5.74, 6) is 6.04. The van der Waals surface area contributed by atoms with Gasteiger partial charge >= 0.3 is 0 Å². The van der Waals surface area contributed by atoms with Crippen LogP contribution >= 0.6 is 0 Å². The van der Waals surface area contributed by atoms with E-state index in [1.165, 1.54) is 12.1 Å². The summed E-state index contributed by atoms with van der Waals surface area (Å²) in [5.41, 5.74) is 4.58. The number of ether oxygens (including phenoxy) is 1. The monoisotopic (exact) mass is 264 g/mol. The number of aromatic nitrogens is 2. The summed E-state index contributed by atoms with van der Waals surface area (Å²) in [6.07, 6.45) is 2.26. The van der Waals surface area contributed by atoms with E-state index in [4.69, 9.17) is 10.6 Å². The largest absolute Gasteiger partial charge is 0.493 e. The molecule has 0 spiro atoms. The molecule has 0 bridgehead atoms. The molecule has 3 N–H and O–H groups in total. The lowest BCUT2D eigenvalue weighted by Crippen LogP contribution is -2.31. The molecule has 0 aliphatic rings. The van der Waals surface area contributed by atoms with Gasteiger partial charge in [0.2, 0.25) is 0 Å². The molecule has 6 heteroatoms. The topological polar surface area (TPSA) is 65.1 Å². The van der Waals surface area contributed by atoms with Crippen molar-refractivity contribution < 1.29 is 9.13 Å². The van der Waals surface area contributed by atoms with E-state index >= 15 is 0 Å². The van der Waals surface area contributed by atoms with Gasteiger partial charge in [-0.1, -0.05) is 12.1 Å². The molecule has 0 saturated carbocycles. The zero-order valence-corrected chi connectivity index (χ0v) is 10.9. The summed E-state index contributed by atoms with van der Waals surface area (Å²) in [6, 6.07) is 6.19. The van der Waals surface area contributed by atoms with Crippen LogP contribution in [0.2, 0.25) is 0 Å². The van der Waals surface area contributed by atoms with Gasteiger partial charge in [-0.15, -0.1) is 0 Å². The lowest BCUT2D eigenvalue weighted by molar-refractivity contribution is 0.394. The summed E-state index contributed by atoms with van der Waals surface area (Å²) in [4.78, 5) is 0. The Morgan fingerprint density at radius 1 is 1.42 bits per heavy atom. The second-order valence-electron chi connectivity index (χ2n) is 4.27. The summed E-state index contributed by atoms with van der Waals surface area (Å²) < 4.78 is 19.9. The van der Waals surface area contributed by atoms with Crippen LogP contribution in [-0.2, 0) is 13.5 Å². The van der Waals surface area contributed by atoms with E-state index in [1.54, 1.807) is 30.1 Å². The minimum Gasteiger partial charge on any atom is -0.493 e. The lowest BCUT2D eigenvalue weighted by Gasteiger charge is -2.17. The fourth-order valence-electron chi connectivity index (χ4n) is 2.07. The first-order valence-corrected chi connectivity index (χ1v) is 5.92. The van der Waals surface area contributed by atoms with Gasteiger partial charge in [0, 0.05) is 7.05 Å². The van der Waals surface area contributed by atoms with Crippen LogP contribution in [0.3, 0.4) is 0 Å². The minimum atomic E-state index is -0.251. The van der Waals surface area contributed by atoms with Crippen molar-refractivity contribution in [1.29, 1.82) is 0 Å². The van der Waals surface area contributed by atoms with Gasteiger partial charge in [0.05, 0.1) is 25.0 Å². The van der Waals surface area contributed by atoms with Crippen molar-refractivity contribution in [3.05, 3.63) is 47.5 Å². The van der Waals surface area contributed by atoms with E-state index in [2.05, 4.69) is 10.5 Å². The van der Waals surface area contributed by atoms with Crippen LogP contribution in [0.15, 0.2) is 30.5 Å². The molecule has 1 atom stereocenters. The zero-order chi connectivity index (χ0) is 13.8. The molecule has 2 rings (SSSR count). The van der Waals surface area contributed by atoms with Crippen LogP contribution in [-0.4, -0.2) is 16.9 Å². The Kier molecular flexibility index (Phi) is 4.13. The molecular weight excluding hydrogens is 247 g/mol. The third-order valence-electron chi connectivity index (χ3n) is 3.05. The van der Waals surface area contributed by atoms with Gasteiger partial charge in [-0.05, 0) is 24.1 Å². The lowest BCUT2D eigenvalue weighted by atomic mass is 10.0. The fourth-order valence-corrected chi connectivity index (χ4v) is 2.07. The maximum Gasteiger partial charge on any atom is 0.161 e. The Bertz CT molecular complexity index is 538. The van der Waals surface area contributed by atoms with Crippen LogP contribution in [0.5, 0.6) is 5.75 Å². The standard InChI is InChI=1S/C13H17FN4O/c1-18-13(12(19-2)8-16-18)11(17-15)7-9-3-5-10(14)6-4-9/h3-6,8,11,17H,7,15H2,1-2H3. The number of nitrogens with two attached hydrogens (primary N) is 1. The van der Waals surface area contributed by atoms with Gasteiger partial charge in [0.25, 0.3) is 0 Å². The van der Waals surface area contributed by atoms with Gasteiger partial charge in [0.15, 0.2) is 5.75 Å². The zero-order valence-electron chi connectivity index (χ0n) is 10.9. The number of nitrogens with zero attached hydrogens (tertiary/aromatic N) is 2. The number of hydrazine groups is 1. The highest BCUT2D eigenvalue weighted by Gasteiger charge is 2.20. The van der Waals surface area contributed by atoms with Crippen LogP contribution in [0.1, 0.15) is 17.3 Å². The molecule has 0 radical (unpaired) electrons. The molecular formula is C13H17FN4O. The van der Waals surface area contributed by atoms with E-state index in [1.807, 2.05) is 7.05 Å². The number of methoxy groups -OCH3 is 1. The maximum absolute atomic E-state index is 12.9. The van der Waals surface area contributed by atoms with E-state index in [0.717, 1.165) is 11.3 Å². The average molecular weight is 264 g/mol. The number of hydrogen-bond donors (Lipinski definition) is 2. The molecule has 2 aromatic rings. The van der Waals surface area contributed by atoms with Crippen molar-refractivity contribution in [3.8, 4) is 5.75 Å². The summed E-state index contributed by atoms with van der Waals surface area (Å²) in [6.45, 7) is 0. The van der Waals surface area contributed by atoms with Gasteiger partial charge in [0.1, 0.15) is 5.82 Å². The number of aryl methyl sites for hydroxylation is 1. The SMILES string of the molecule is COc1cnn(C)c1C(Cc1ccc(F)cc1)NN. The number of benzene rings is 1. The molecule has 102 valence electrons. The Morgan fingerprint density at radius 3 is 2.68 bits per heavy atom. The predicted octanol–water partition coefficient (Wildman–Crippen LogP) is 1.31. The van der Waals surface area contributed by atoms with Crippen molar-refractivity contribution in [1.82, 2.24) is 15.2 Å².